The molecule has 3 N–H and O–H groups in total. The summed E-state index contributed by atoms with van der Waals surface area (Å²) in [4.78, 5) is 2.30. The molecule has 1 atom stereocenters. The highest BCUT2D eigenvalue weighted by Crippen LogP contribution is 2.21. The van der Waals surface area contributed by atoms with Gasteiger partial charge in [-0.3, -0.25) is 0 Å². The molecule has 0 fully saturated rings. The molecular weight excluding hydrogens is 236 g/mol. The third-order valence-corrected chi connectivity index (χ3v) is 3.71. The third-order valence-electron chi connectivity index (χ3n) is 3.71. The summed E-state index contributed by atoms with van der Waals surface area (Å²) in [6.07, 6.45) is 4.53. The fourth-order valence-electron chi connectivity index (χ4n) is 2.22. The van der Waals surface area contributed by atoms with Crippen LogP contribution in [0.3, 0.4) is 0 Å². The third kappa shape index (κ3) is 5.31. The zero-order chi connectivity index (χ0) is 14.1. The van der Waals surface area contributed by atoms with Gasteiger partial charge < -0.3 is 15.7 Å². The molecule has 3 heteroatoms. The van der Waals surface area contributed by atoms with Crippen molar-refractivity contribution in [2.24, 2.45) is 5.73 Å². The van der Waals surface area contributed by atoms with E-state index in [2.05, 4.69) is 18.9 Å². The molecule has 1 unspecified atom stereocenters. The molecule has 1 rings (SSSR count). The van der Waals surface area contributed by atoms with Crippen LogP contribution < -0.4 is 5.73 Å². The lowest BCUT2D eigenvalue weighted by molar-refractivity contribution is 0.170. The van der Waals surface area contributed by atoms with Gasteiger partial charge in [-0.15, -0.1) is 0 Å². The second-order valence-corrected chi connectivity index (χ2v) is 5.44. The average Bonchev–Trinajstić information content (AvgIpc) is 2.46. The number of hydrogen-bond acceptors (Lipinski definition) is 3. The molecule has 0 radical (unpaired) electrons. The van der Waals surface area contributed by atoms with Crippen LogP contribution in [0.4, 0.5) is 0 Å². The van der Waals surface area contributed by atoms with Crippen molar-refractivity contribution in [3.63, 3.8) is 0 Å². The molecule has 0 aliphatic heterocycles. The Morgan fingerprint density at radius 3 is 2.42 bits per heavy atom. The number of aliphatic hydroxyl groups is 1. The summed E-state index contributed by atoms with van der Waals surface area (Å²) in [7, 11) is 2.12. The molecule has 1 aromatic carbocycles. The lowest BCUT2D eigenvalue weighted by Gasteiger charge is -2.30. The SMILES string of the molecule is CCCCCN(C)CCC(N)(CO)c1ccccc1. The van der Waals surface area contributed by atoms with E-state index in [-0.39, 0.29) is 6.61 Å². The first-order valence-electron chi connectivity index (χ1n) is 7.26. The van der Waals surface area contributed by atoms with Gasteiger partial charge in [-0.05, 0) is 38.5 Å². The van der Waals surface area contributed by atoms with E-state index in [0.29, 0.717) is 0 Å². The largest absolute Gasteiger partial charge is 0.394 e. The van der Waals surface area contributed by atoms with Crippen LogP contribution in [0, 0.1) is 0 Å². The second-order valence-electron chi connectivity index (χ2n) is 5.44. The maximum Gasteiger partial charge on any atom is 0.0656 e. The van der Waals surface area contributed by atoms with Crippen molar-refractivity contribution in [3.8, 4) is 0 Å². The van der Waals surface area contributed by atoms with E-state index in [0.717, 1.165) is 25.1 Å². The van der Waals surface area contributed by atoms with Gasteiger partial charge in [0.15, 0.2) is 0 Å². The molecule has 0 aromatic heterocycles. The van der Waals surface area contributed by atoms with Gasteiger partial charge in [0, 0.05) is 0 Å². The van der Waals surface area contributed by atoms with Crippen molar-refractivity contribution in [1.29, 1.82) is 0 Å². The van der Waals surface area contributed by atoms with Gasteiger partial charge >= 0.3 is 0 Å². The molecule has 0 aliphatic rings. The van der Waals surface area contributed by atoms with E-state index in [1.54, 1.807) is 0 Å². The summed E-state index contributed by atoms with van der Waals surface area (Å²) >= 11 is 0. The maximum atomic E-state index is 9.62. The zero-order valence-electron chi connectivity index (χ0n) is 12.3. The average molecular weight is 264 g/mol. The van der Waals surface area contributed by atoms with Gasteiger partial charge in [-0.25, -0.2) is 0 Å². The molecule has 1 aromatic rings. The number of hydrogen-bond donors (Lipinski definition) is 2. The van der Waals surface area contributed by atoms with Crippen LogP contribution in [0.1, 0.15) is 38.2 Å². The molecule has 0 saturated heterocycles. The van der Waals surface area contributed by atoms with Crippen LogP contribution in [0.5, 0.6) is 0 Å². The highest BCUT2D eigenvalue weighted by atomic mass is 16.3. The minimum Gasteiger partial charge on any atom is -0.394 e. The predicted octanol–water partition coefficient (Wildman–Crippen LogP) is 2.35. The number of unbranched alkanes of at least 4 members (excludes halogenated alkanes) is 2. The van der Waals surface area contributed by atoms with E-state index >= 15 is 0 Å². The summed E-state index contributed by atoms with van der Waals surface area (Å²) in [5, 5.41) is 9.62. The zero-order valence-corrected chi connectivity index (χ0v) is 12.3. The van der Waals surface area contributed by atoms with Crippen molar-refractivity contribution >= 4 is 0 Å². The van der Waals surface area contributed by atoms with Gasteiger partial charge in [0.2, 0.25) is 0 Å². The lowest BCUT2D eigenvalue weighted by atomic mass is 9.88. The Labute approximate surface area is 117 Å². The molecule has 0 bridgehead atoms. The summed E-state index contributed by atoms with van der Waals surface area (Å²) in [6.45, 7) is 4.21. The van der Waals surface area contributed by atoms with Crippen LogP contribution in [0.15, 0.2) is 30.3 Å². The second kappa shape index (κ2) is 8.31. The molecule has 3 nitrogen and oxygen atoms in total. The molecule has 19 heavy (non-hydrogen) atoms. The maximum absolute atomic E-state index is 9.62. The number of aliphatic hydroxyl groups excluding tert-OH is 1. The summed E-state index contributed by atoms with van der Waals surface area (Å²) in [6, 6.07) is 9.90. The van der Waals surface area contributed by atoms with Crippen LogP contribution in [0.25, 0.3) is 0 Å². The summed E-state index contributed by atoms with van der Waals surface area (Å²) in [5.74, 6) is 0. The minimum atomic E-state index is -0.625. The summed E-state index contributed by atoms with van der Waals surface area (Å²) in [5.41, 5.74) is 6.73. The summed E-state index contributed by atoms with van der Waals surface area (Å²) < 4.78 is 0. The standard InChI is InChI=1S/C16H28N2O/c1-3-4-8-12-18(2)13-11-16(17,14-19)15-9-6-5-7-10-15/h5-7,9-10,19H,3-4,8,11-14,17H2,1-2H3. The Hall–Kier alpha value is -0.900. The fraction of sp³-hybridized carbons (Fsp3) is 0.625. The first-order chi connectivity index (χ1) is 9.12. The first-order valence-corrected chi connectivity index (χ1v) is 7.26. The van der Waals surface area contributed by atoms with Crippen molar-refractivity contribution in [3.05, 3.63) is 35.9 Å². The molecular formula is C16H28N2O. The molecule has 0 amide bonds. The van der Waals surface area contributed by atoms with E-state index in [4.69, 9.17) is 5.73 Å². The minimum absolute atomic E-state index is 0.0141. The number of nitrogens with two attached hydrogens (primary N) is 1. The lowest BCUT2D eigenvalue weighted by Crippen LogP contribution is -2.43. The van der Waals surface area contributed by atoms with Gasteiger partial charge in [0.1, 0.15) is 0 Å². The van der Waals surface area contributed by atoms with E-state index in [1.165, 1.54) is 19.3 Å². The van der Waals surface area contributed by atoms with E-state index in [1.807, 2.05) is 30.3 Å². The number of nitrogens with zero attached hydrogens (tertiary/aromatic N) is 1. The molecule has 0 heterocycles. The Balaban J connectivity index is 2.48. The first kappa shape index (κ1) is 16.2. The fourth-order valence-corrected chi connectivity index (χ4v) is 2.22. The van der Waals surface area contributed by atoms with Gasteiger partial charge in [0.05, 0.1) is 12.1 Å². The smallest absolute Gasteiger partial charge is 0.0656 e. The number of benzene rings is 1. The normalized spacial score (nSPS) is 14.6. The predicted molar refractivity (Wildman–Crippen MR) is 81.0 cm³/mol. The highest BCUT2D eigenvalue weighted by molar-refractivity contribution is 5.24. The van der Waals surface area contributed by atoms with Crippen molar-refractivity contribution in [2.75, 3.05) is 26.7 Å². The molecule has 0 saturated carbocycles. The van der Waals surface area contributed by atoms with Crippen molar-refractivity contribution < 1.29 is 5.11 Å². The topological polar surface area (TPSA) is 49.5 Å². The van der Waals surface area contributed by atoms with Crippen molar-refractivity contribution in [2.45, 2.75) is 38.1 Å². The highest BCUT2D eigenvalue weighted by Gasteiger charge is 2.26. The molecule has 108 valence electrons. The van der Waals surface area contributed by atoms with E-state index in [9.17, 15) is 5.11 Å². The van der Waals surface area contributed by atoms with Gasteiger partial charge in [-0.2, -0.15) is 0 Å². The Kier molecular flexibility index (Phi) is 7.06. The van der Waals surface area contributed by atoms with Crippen LogP contribution in [0.2, 0.25) is 0 Å². The monoisotopic (exact) mass is 264 g/mol. The Bertz CT molecular complexity index is 342. The Morgan fingerprint density at radius 1 is 1.16 bits per heavy atom. The van der Waals surface area contributed by atoms with Gasteiger partial charge in [0.25, 0.3) is 0 Å². The molecule has 0 aliphatic carbocycles. The van der Waals surface area contributed by atoms with Gasteiger partial charge in [-0.1, -0.05) is 50.1 Å². The van der Waals surface area contributed by atoms with Crippen LogP contribution in [-0.2, 0) is 5.54 Å². The quantitative estimate of drug-likeness (QED) is 0.673. The molecule has 0 spiro atoms. The van der Waals surface area contributed by atoms with Crippen molar-refractivity contribution in [1.82, 2.24) is 4.90 Å². The number of rotatable bonds is 9. The van der Waals surface area contributed by atoms with Crippen LogP contribution >= 0.6 is 0 Å². The van der Waals surface area contributed by atoms with Crippen LogP contribution in [-0.4, -0.2) is 36.8 Å². The van der Waals surface area contributed by atoms with E-state index < -0.39 is 5.54 Å². The Morgan fingerprint density at radius 2 is 1.84 bits per heavy atom.